The molecule has 8 heteroatoms. The van der Waals surface area contributed by atoms with Crippen molar-refractivity contribution in [2.24, 2.45) is 4.99 Å². The number of para-hydroxylation sites is 1. The van der Waals surface area contributed by atoms with Crippen LogP contribution in [-0.4, -0.2) is 23.3 Å². The van der Waals surface area contributed by atoms with E-state index >= 15 is 0 Å². The number of nitrogens with two attached hydrogens (primary N) is 1. The minimum atomic E-state index is 0.479. The molecule has 0 bridgehead atoms. The van der Waals surface area contributed by atoms with Gasteiger partial charge in [-0.2, -0.15) is 0 Å². The van der Waals surface area contributed by atoms with E-state index in [0.717, 1.165) is 55.6 Å². The number of aryl methyl sites for hydroxylation is 1. The van der Waals surface area contributed by atoms with Gasteiger partial charge in [-0.25, -0.2) is 9.97 Å². The van der Waals surface area contributed by atoms with Crippen molar-refractivity contribution in [2.45, 2.75) is 17.7 Å². The summed E-state index contributed by atoms with van der Waals surface area (Å²) in [6.07, 6.45) is 5.80. The Hall–Kier alpha value is -3.10. The molecule has 0 aliphatic carbocycles. The summed E-state index contributed by atoms with van der Waals surface area (Å²) in [5.74, 6) is 1.01. The molecule has 0 radical (unpaired) electrons. The Bertz CT molecular complexity index is 1360. The third kappa shape index (κ3) is 4.03. The van der Waals surface area contributed by atoms with Gasteiger partial charge in [0, 0.05) is 23.4 Å². The van der Waals surface area contributed by atoms with Crippen LogP contribution in [0.15, 0.2) is 69.1 Å². The maximum Gasteiger partial charge on any atom is 0.237 e. The lowest BCUT2D eigenvalue weighted by Gasteiger charge is -2.15. The van der Waals surface area contributed by atoms with E-state index in [2.05, 4.69) is 59.9 Å². The normalized spacial score (nSPS) is 12.6. The van der Waals surface area contributed by atoms with Crippen LogP contribution in [0.3, 0.4) is 0 Å². The van der Waals surface area contributed by atoms with Gasteiger partial charge in [-0.1, -0.05) is 18.2 Å². The number of anilines is 2. The van der Waals surface area contributed by atoms with E-state index in [1.165, 1.54) is 17.5 Å². The number of nitrogens with one attached hydrogen (secondary N) is 1. The summed E-state index contributed by atoms with van der Waals surface area (Å²) < 4.78 is 9.68. The largest absolute Gasteiger partial charge is 0.480 e. The van der Waals surface area contributed by atoms with Crippen molar-refractivity contribution in [1.29, 1.82) is 0 Å². The van der Waals surface area contributed by atoms with Crippen molar-refractivity contribution in [3.05, 3.63) is 64.8 Å². The van der Waals surface area contributed by atoms with Crippen LogP contribution in [0.4, 0.5) is 17.2 Å². The lowest BCUT2D eigenvalue weighted by atomic mass is 10.0. The summed E-state index contributed by atoms with van der Waals surface area (Å²) in [6.45, 7) is 0. The molecule has 1 aliphatic rings. The number of hydrogen-bond donors (Lipinski definition) is 2. The molecule has 0 amide bonds. The van der Waals surface area contributed by atoms with E-state index < -0.39 is 0 Å². The molecule has 4 aromatic rings. The van der Waals surface area contributed by atoms with E-state index in [1.807, 2.05) is 36.7 Å². The highest BCUT2D eigenvalue weighted by Gasteiger charge is 2.13. The van der Waals surface area contributed by atoms with Crippen molar-refractivity contribution < 1.29 is 4.74 Å². The standard InChI is InChI=1S/C24H20BrN5OS/c1-31-24-20(30-32-21-6-2-4-14-5-3-9-27-22(14)21)12-17(13-28-24)15-7-8-19-16(10-15)11-18(25)23(26)29-19/h2,4,6-13,30H,3,5H2,1H3,(H2,26,29). The fourth-order valence-corrected chi connectivity index (χ4v) is 4.80. The van der Waals surface area contributed by atoms with Gasteiger partial charge < -0.3 is 15.2 Å². The first kappa shape index (κ1) is 20.8. The quantitative estimate of drug-likeness (QED) is 0.304. The number of ether oxygens (including phenoxy) is 1. The average molecular weight is 506 g/mol. The predicted octanol–water partition coefficient (Wildman–Crippen LogP) is 6.42. The molecule has 3 N–H and O–H groups in total. The first-order valence-corrected chi connectivity index (χ1v) is 11.7. The fraction of sp³-hybridized carbons (Fsp3) is 0.125. The fourth-order valence-electron chi connectivity index (χ4n) is 3.68. The monoisotopic (exact) mass is 505 g/mol. The van der Waals surface area contributed by atoms with E-state index in [9.17, 15) is 0 Å². The van der Waals surface area contributed by atoms with Gasteiger partial charge in [-0.3, -0.25) is 4.99 Å². The van der Waals surface area contributed by atoms with Gasteiger partial charge in [0.1, 0.15) is 11.5 Å². The number of halogens is 1. The summed E-state index contributed by atoms with van der Waals surface area (Å²) in [5.41, 5.74) is 11.9. The Morgan fingerprint density at radius 1 is 1.12 bits per heavy atom. The van der Waals surface area contributed by atoms with E-state index in [1.54, 1.807) is 7.11 Å². The highest BCUT2D eigenvalue weighted by Crippen LogP contribution is 2.38. The highest BCUT2D eigenvalue weighted by atomic mass is 79.9. The smallest absolute Gasteiger partial charge is 0.237 e. The second-order valence-corrected chi connectivity index (χ2v) is 9.06. The highest BCUT2D eigenvalue weighted by molar-refractivity contribution is 9.10. The molecule has 2 aromatic carbocycles. The summed E-state index contributed by atoms with van der Waals surface area (Å²) >= 11 is 4.97. The molecule has 32 heavy (non-hydrogen) atoms. The van der Waals surface area contributed by atoms with E-state index in [0.29, 0.717) is 11.7 Å². The van der Waals surface area contributed by atoms with Gasteiger partial charge in [0.15, 0.2) is 0 Å². The molecule has 1 aliphatic heterocycles. The Morgan fingerprint density at radius 2 is 2.03 bits per heavy atom. The van der Waals surface area contributed by atoms with Crippen molar-refractivity contribution in [3.8, 4) is 17.0 Å². The van der Waals surface area contributed by atoms with Crippen molar-refractivity contribution in [3.63, 3.8) is 0 Å². The third-order valence-electron chi connectivity index (χ3n) is 5.29. The first-order chi connectivity index (χ1) is 15.6. The number of nitrogens with zero attached hydrogens (tertiary/aromatic N) is 3. The van der Waals surface area contributed by atoms with Crippen molar-refractivity contribution >= 4 is 62.2 Å². The minimum absolute atomic E-state index is 0.479. The zero-order valence-corrected chi connectivity index (χ0v) is 19.7. The van der Waals surface area contributed by atoms with Gasteiger partial charge in [0.05, 0.1) is 27.7 Å². The lowest BCUT2D eigenvalue weighted by Crippen LogP contribution is -1.98. The summed E-state index contributed by atoms with van der Waals surface area (Å²) in [4.78, 5) is 14.6. The van der Waals surface area contributed by atoms with Crippen LogP contribution in [0.25, 0.3) is 22.0 Å². The van der Waals surface area contributed by atoms with Gasteiger partial charge in [0.25, 0.3) is 0 Å². The van der Waals surface area contributed by atoms with E-state index in [-0.39, 0.29) is 0 Å². The van der Waals surface area contributed by atoms with Gasteiger partial charge in [-0.05, 0) is 82.2 Å². The molecule has 0 fully saturated rings. The maximum atomic E-state index is 5.91. The Morgan fingerprint density at radius 3 is 2.91 bits per heavy atom. The number of aromatic nitrogens is 2. The molecule has 0 saturated carbocycles. The van der Waals surface area contributed by atoms with Crippen LogP contribution in [0.5, 0.6) is 5.88 Å². The summed E-state index contributed by atoms with van der Waals surface area (Å²) in [5, 5.41) is 0.997. The summed E-state index contributed by atoms with van der Waals surface area (Å²) in [6, 6.07) is 16.4. The molecule has 6 nitrogen and oxygen atoms in total. The molecule has 0 saturated heterocycles. The zero-order valence-electron chi connectivity index (χ0n) is 17.3. The van der Waals surface area contributed by atoms with Crippen LogP contribution in [-0.2, 0) is 6.42 Å². The minimum Gasteiger partial charge on any atom is -0.480 e. The molecule has 3 heterocycles. The molecular weight excluding hydrogens is 486 g/mol. The second-order valence-electron chi connectivity index (χ2n) is 7.36. The van der Waals surface area contributed by atoms with Crippen LogP contribution in [0.2, 0.25) is 0 Å². The number of pyridine rings is 2. The number of methoxy groups -OCH3 is 1. The Balaban J connectivity index is 1.47. The van der Waals surface area contributed by atoms with Crippen LogP contribution in [0.1, 0.15) is 12.0 Å². The maximum absolute atomic E-state index is 5.91. The molecule has 160 valence electrons. The van der Waals surface area contributed by atoms with Crippen LogP contribution in [0, 0.1) is 0 Å². The molecular formula is C24H20BrN5OS. The number of hydrogen-bond acceptors (Lipinski definition) is 7. The number of benzene rings is 2. The average Bonchev–Trinajstić information content (AvgIpc) is 2.83. The second kappa shape index (κ2) is 8.80. The number of rotatable bonds is 5. The van der Waals surface area contributed by atoms with Crippen LogP contribution < -0.4 is 15.2 Å². The molecule has 0 spiro atoms. The topological polar surface area (TPSA) is 85.4 Å². The zero-order chi connectivity index (χ0) is 22.1. The Labute approximate surface area is 198 Å². The van der Waals surface area contributed by atoms with Crippen LogP contribution >= 0.6 is 27.9 Å². The van der Waals surface area contributed by atoms with Gasteiger partial charge in [-0.15, -0.1) is 0 Å². The van der Waals surface area contributed by atoms with Gasteiger partial charge in [0.2, 0.25) is 5.88 Å². The van der Waals surface area contributed by atoms with Crippen molar-refractivity contribution in [1.82, 2.24) is 9.97 Å². The number of fused-ring (bicyclic) bond motifs is 2. The Kier molecular flexibility index (Phi) is 5.71. The molecule has 0 unspecified atom stereocenters. The number of aliphatic imine (C=N–C) groups is 1. The first-order valence-electron chi connectivity index (χ1n) is 10.1. The van der Waals surface area contributed by atoms with E-state index in [4.69, 9.17) is 10.5 Å². The third-order valence-corrected chi connectivity index (χ3v) is 6.80. The summed E-state index contributed by atoms with van der Waals surface area (Å²) in [7, 11) is 1.62. The van der Waals surface area contributed by atoms with Gasteiger partial charge >= 0.3 is 0 Å². The molecule has 0 atom stereocenters. The SMILES string of the molecule is COc1ncc(-c2ccc3nc(N)c(Br)cc3c2)cc1NSc1cccc2c1N=CCC2. The predicted molar refractivity (Wildman–Crippen MR) is 136 cm³/mol. The molecule has 2 aromatic heterocycles. The lowest BCUT2D eigenvalue weighted by molar-refractivity contribution is 0.400. The van der Waals surface area contributed by atoms with Crippen molar-refractivity contribution in [2.75, 3.05) is 17.6 Å². The molecule has 5 rings (SSSR count). The number of nitrogen functional groups attached to an aromatic ring is 1.